The Bertz CT molecular complexity index is 1040. The molecule has 29 heavy (non-hydrogen) atoms. The smallest absolute Gasteiger partial charge is 0.337 e. The van der Waals surface area contributed by atoms with Gasteiger partial charge in [-0.15, -0.1) is 23.1 Å². The third-order valence-electron chi connectivity index (χ3n) is 3.71. The van der Waals surface area contributed by atoms with Crippen molar-refractivity contribution in [3.05, 3.63) is 75.4 Å². The molecule has 3 N–H and O–H groups in total. The molecule has 0 aliphatic rings. The van der Waals surface area contributed by atoms with Gasteiger partial charge >= 0.3 is 5.97 Å². The SMILES string of the molecule is O=C(CSc1ccc(NC(=O)c2cccs2)cc1)Nc1ccc(Cl)c(C(=O)O)c1. The molecule has 2 aromatic carbocycles. The minimum atomic E-state index is -1.16. The van der Waals surface area contributed by atoms with Crippen molar-refractivity contribution in [3.63, 3.8) is 0 Å². The normalized spacial score (nSPS) is 10.4. The third-order valence-corrected chi connectivity index (χ3v) is 5.92. The van der Waals surface area contributed by atoms with Gasteiger partial charge in [-0.2, -0.15) is 0 Å². The summed E-state index contributed by atoms with van der Waals surface area (Å²) in [6.07, 6.45) is 0. The minimum absolute atomic E-state index is 0.0719. The van der Waals surface area contributed by atoms with Gasteiger partial charge in [0, 0.05) is 16.3 Å². The van der Waals surface area contributed by atoms with Crippen LogP contribution in [-0.4, -0.2) is 28.6 Å². The summed E-state index contributed by atoms with van der Waals surface area (Å²) in [5, 5.41) is 16.5. The fourth-order valence-corrected chi connectivity index (χ4v) is 3.86. The van der Waals surface area contributed by atoms with Crippen molar-refractivity contribution in [2.75, 3.05) is 16.4 Å². The largest absolute Gasteiger partial charge is 0.478 e. The Morgan fingerprint density at radius 1 is 1.00 bits per heavy atom. The summed E-state index contributed by atoms with van der Waals surface area (Å²) in [5.41, 5.74) is 0.959. The van der Waals surface area contributed by atoms with Crippen molar-refractivity contribution < 1.29 is 19.5 Å². The van der Waals surface area contributed by atoms with Crippen LogP contribution in [0, 0.1) is 0 Å². The highest BCUT2D eigenvalue weighted by atomic mass is 35.5. The molecule has 3 aromatic rings. The number of aromatic carboxylic acids is 1. The number of halogens is 1. The van der Waals surface area contributed by atoms with E-state index in [1.807, 2.05) is 23.6 Å². The molecule has 6 nitrogen and oxygen atoms in total. The predicted octanol–water partition coefficient (Wildman–Crippen LogP) is 5.08. The lowest BCUT2D eigenvalue weighted by Gasteiger charge is -2.08. The quantitative estimate of drug-likeness (QED) is 0.440. The molecular weight excluding hydrogens is 432 g/mol. The summed E-state index contributed by atoms with van der Waals surface area (Å²) >= 11 is 8.51. The second-order valence-electron chi connectivity index (χ2n) is 5.79. The van der Waals surface area contributed by atoms with Gasteiger partial charge < -0.3 is 15.7 Å². The van der Waals surface area contributed by atoms with E-state index in [0.717, 1.165) is 4.90 Å². The van der Waals surface area contributed by atoms with E-state index >= 15 is 0 Å². The zero-order chi connectivity index (χ0) is 20.8. The zero-order valence-electron chi connectivity index (χ0n) is 14.8. The average molecular weight is 447 g/mol. The van der Waals surface area contributed by atoms with Crippen LogP contribution in [0.5, 0.6) is 0 Å². The number of carbonyl (C=O) groups excluding carboxylic acids is 2. The number of carboxylic acid groups (broad SMARTS) is 1. The van der Waals surface area contributed by atoms with Gasteiger partial charge in [-0.05, 0) is 53.9 Å². The highest BCUT2D eigenvalue weighted by Crippen LogP contribution is 2.23. The molecule has 0 aliphatic carbocycles. The Labute approximate surface area is 179 Å². The number of thioether (sulfide) groups is 1. The van der Waals surface area contributed by atoms with E-state index in [9.17, 15) is 14.4 Å². The molecule has 0 radical (unpaired) electrons. The molecule has 148 valence electrons. The molecule has 0 aliphatic heterocycles. The van der Waals surface area contributed by atoms with E-state index in [1.165, 1.54) is 35.2 Å². The molecule has 0 saturated heterocycles. The van der Waals surface area contributed by atoms with Crippen LogP contribution < -0.4 is 10.6 Å². The fraction of sp³-hybridized carbons (Fsp3) is 0.0500. The Balaban J connectivity index is 1.52. The van der Waals surface area contributed by atoms with Crippen LogP contribution in [0.2, 0.25) is 5.02 Å². The summed E-state index contributed by atoms with van der Waals surface area (Å²) in [4.78, 5) is 36.8. The molecule has 0 saturated carbocycles. The lowest BCUT2D eigenvalue weighted by atomic mass is 10.2. The minimum Gasteiger partial charge on any atom is -0.478 e. The Morgan fingerprint density at radius 3 is 2.38 bits per heavy atom. The maximum Gasteiger partial charge on any atom is 0.337 e. The highest BCUT2D eigenvalue weighted by Gasteiger charge is 2.11. The first-order chi connectivity index (χ1) is 13.9. The van der Waals surface area contributed by atoms with E-state index in [-0.39, 0.29) is 28.2 Å². The Kier molecular flexibility index (Phi) is 6.92. The van der Waals surface area contributed by atoms with Crippen molar-refractivity contribution in [1.82, 2.24) is 0 Å². The van der Waals surface area contributed by atoms with Gasteiger partial charge in [-0.25, -0.2) is 4.79 Å². The molecule has 0 spiro atoms. The van der Waals surface area contributed by atoms with Crippen LogP contribution in [0.15, 0.2) is 64.9 Å². The number of rotatable bonds is 7. The molecule has 0 bridgehead atoms. The number of anilines is 2. The van der Waals surface area contributed by atoms with E-state index in [1.54, 1.807) is 24.3 Å². The number of hydrogen-bond acceptors (Lipinski definition) is 5. The van der Waals surface area contributed by atoms with Gasteiger partial charge in [-0.1, -0.05) is 17.7 Å². The molecular formula is C20H15ClN2O4S2. The molecule has 2 amide bonds. The molecule has 0 fully saturated rings. The summed E-state index contributed by atoms with van der Waals surface area (Å²) in [6.45, 7) is 0. The summed E-state index contributed by atoms with van der Waals surface area (Å²) in [5.74, 6) is -1.45. The van der Waals surface area contributed by atoms with Crippen molar-refractivity contribution in [3.8, 4) is 0 Å². The fourth-order valence-electron chi connectivity index (χ4n) is 2.35. The predicted molar refractivity (Wildman–Crippen MR) is 116 cm³/mol. The second-order valence-corrected chi connectivity index (χ2v) is 8.20. The number of carboxylic acids is 1. The van der Waals surface area contributed by atoms with Crippen LogP contribution in [0.25, 0.3) is 0 Å². The number of thiophene rings is 1. The van der Waals surface area contributed by atoms with E-state index in [4.69, 9.17) is 16.7 Å². The summed E-state index contributed by atoms with van der Waals surface area (Å²) in [6, 6.07) is 15.0. The second kappa shape index (κ2) is 9.60. The van der Waals surface area contributed by atoms with E-state index in [2.05, 4.69) is 10.6 Å². The van der Waals surface area contributed by atoms with Crippen molar-refractivity contribution >= 4 is 63.9 Å². The maximum absolute atomic E-state index is 12.1. The summed E-state index contributed by atoms with van der Waals surface area (Å²) < 4.78 is 0. The van der Waals surface area contributed by atoms with E-state index < -0.39 is 5.97 Å². The van der Waals surface area contributed by atoms with Gasteiger partial charge in [0.2, 0.25) is 5.91 Å². The average Bonchev–Trinajstić information content (AvgIpc) is 3.24. The standard InChI is InChI=1S/C20H15ClN2O4S2/c21-16-8-5-13(10-15(16)20(26)27)22-18(24)11-29-14-6-3-12(4-7-14)23-19(25)17-2-1-9-28-17/h1-10H,11H2,(H,22,24)(H,23,25)(H,26,27). The molecule has 3 rings (SSSR count). The monoisotopic (exact) mass is 446 g/mol. The Morgan fingerprint density at radius 2 is 1.72 bits per heavy atom. The van der Waals surface area contributed by atoms with E-state index in [0.29, 0.717) is 16.3 Å². The van der Waals surface area contributed by atoms with Crippen molar-refractivity contribution in [2.45, 2.75) is 4.90 Å². The van der Waals surface area contributed by atoms with Crippen molar-refractivity contribution in [1.29, 1.82) is 0 Å². The Hall–Kier alpha value is -2.81. The first-order valence-electron chi connectivity index (χ1n) is 8.33. The zero-order valence-corrected chi connectivity index (χ0v) is 17.2. The number of amides is 2. The number of carbonyl (C=O) groups is 3. The number of nitrogens with one attached hydrogen (secondary N) is 2. The molecule has 1 heterocycles. The van der Waals surface area contributed by atoms with Gasteiger partial charge in [0.05, 0.1) is 21.2 Å². The number of benzene rings is 2. The van der Waals surface area contributed by atoms with Crippen LogP contribution in [0.1, 0.15) is 20.0 Å². The first-order valence-corrected chi connectivity index (χ1v) is 10.6. The van der Waals surface area contributed by atoms with Crippen molar-refractivity contribution in [2.24, 2.45) is 0 Å². The first kappa shape index (κ1) is 20.9. The maximum atomic E-state index is 12.1. The topological polar surface area (TPSA) is 95.5 Å². The third kappa shape index (κ3) is 5.83. The summed E-state index contributed by atoms with van der Waals surface area (Å²) in [7, 11) is 0. The molecule has 0 unspecified atom stereocenters. The molecule has 9 heteroatoms. The lowest BCUT2D eigenvalue weighted by Crippen LogP contribution is -2.14. The molecule has 1 aromatic heterocycles. The van der Waals surface area contributed by atoms with Gasteiger partial charge in [0.25, 0.3) is 5.91 Å². The van der Waals surface area contributed by atoms with Gasteiger partial charge in [0.15, 0.2) is 0 Å². The lowest BCUT2D eigenvalue weighted by molar-refractivity contribution is -0.113. The van der Waals surface area contributed by atoms with Gasteiger partial charge in [-0.3, -0.25) is 9.59 Å². The van der Waals surface area contributed by atoms with Crippen LogP contribution in [0.3, 0.4) is 0 Å². The van der Waals surface area contributed by atoms with Crippen LogP contribution in [0.4, 0.5) is 11.4 Å². The number of hydrogen-bond donors (Lipinski definition) is 3. The molecule has 0 atom stereocenters. The van der Waals surface area contributed by atoms with Gasteiger partial charge in [0.1, 0.15) is 0 Å². The highest BCUT2D eigenvalue weighted by molar-refractivity contribution is 8.00. The van der Waals surface area contributed by atoms with Crippen LogP contribution >= 0.6 is 34.7 Å². The van der Waals surface area contributed by atoms with Crippen LogP contribution in [-0.2, 0) is 4.79 Å².